The van der Waals surface area contributed by atoms with Crippen LogP contribution in [0.15, 0.2) is 88.5 Å². The van der Waals surface area contributed by atoms with Crippen LogP contribution in [0, 0.1) is 0 Å². The number of rotatable bonds is 9. The quantitative estimate of drug-likeness (QED) is 0.310. The van der Waals surface area contributed by atoms with Gasteiger partial charge in [-0.2, -0.15) is 0 Å². The van der Waals surface area contributed by atoms with Crippen LogP contribution >= 0.6 is 23.4 Å². The molecule has 0 saturated carbocycles. The zero-order valence-corrected chi connectivity index (χ0v) is 18.3. The lowest BCUT2D eigenvalue weighted by Crippen LogP contribution is -2.13. The number of hydrogen-bond donors (Lipinski definition) is 1. The Morgan fingerprint density at radius 2 is 1.59 bits per heavy atom. The van der Waals surface area contributed by atoms with E-state index in [1.165, 1.54) is 0 Å². The number of nitrogens with zero attached hydrogens (tertiary/aromatic N) is 2. The van der Waals surface area contributed by atoms with Crippen LogP contribution < -0.4 is 14.8 Å². The molecule has 0 aliphatic rings. The topological polar surface area (TPSA) is 86.5 Å². The van der Waals surface area contributed by atoms with Crippen molar-refractivity contribution >= 4 is 35.0 Å². The maximum Gasteiger partial charge on any atom is 0.277 e. The lowest BCUT2D eigenvalue weighted by atomic mass is 10.3. The molecular formula is C23H18ClN3O4S. The Balaban J connectivity index is 1.22. The van der Waals surface area contributed by atoms with Crippen LogP contribution in [-0.2, 0) is 11.4 Å². The fraction of sp³-hybridized carbons (Fsp3) is 0.0870. The fourth-order valence-corrected chi connectivity index (χ4v) is 3.29. The minimum absolute atomic E-state index is 0.129. The number of carbonyl (C=O) groups is 1. The molecule has 1 amide bonds. The van der Waals surface area contributed by atoms with Crippen LogP contribution in [0.25, 0.3) is 0 Å². The first-order chi connectivity index (χ1) is 15.6. The molecule has 0 aliphatic carbocycles. The van der Waals surface area contributed by atoms with Gasteiger partial charge in [0.1, 0.15) is 17.2 Å². The monoisotopic (exact) mass is 467 g/mol. The molecule has 0 radical (unpaired) electrons. The van der Waals surface area contributed by atoms with E-state index in [2.05, 4.69) is 15.5 Å². The standard InChI is InChI=1S/C23H18ClN3O4S/c24-16-6-10-19(11-7-16)30-20-12-8-17(9-13-20)25-21(28)15-32-23-27-26-22(31-23)14-29-18-4-2-1-3-5-18/h1-13H,14-15H2,(H,25,28). The van der Waals surface area contributed by atoms with E-state index in [-0.39, 0.29) is 18.3 Å². The van der Waals surface area contributed by atoms with Gasteiger partial charge in [0.15, 0.2) is 6.61 Å². The third kappa shape index (κ3) is 6.50. The normalized spacial score (nSPS) is 10.5. The third-order valence-electron chi connectivity index (χ3n) is 4.07. The van der Waals surface area contributed by atoms with Gasteiger partial charge in [0.2, 0.25) is 5.91 Å². The molecule has 1 N–H and O–H groups in total. The van der Waals surface area contributed by atoms with Gasteiger partial charge in [0, 0.05) is 10.7 Å². The largest absolute Gasteiger partial charge is 0.484 e. The summed E-state index contributed by atoms with van der Waals surface area (Å²) in [6.07, 6.45) is 0. The predicted octanol–water partition coefficient (Wildman–Crippen LogP) is 5.83. The lowest BCUT2D eigenvalue weighted by Gasteiger charge is -2.08. The van der Waals surface area contributed by atoms with Crippen LogP contribution in [0.1, 0.15) is 5.89 Å². The van der Waals surface area contributed by atoms with Gasteiger partial charge >= 0.3 is 0 Å². The summed E-state index contributed by atoms with van der Waals surface area (Å²) in [4.78, 5) is 12.2. The van der Waals surface area contributed by atoms with E-state index < -0.39 is 0 Å². The summed E-state index contributed by atoms with van der Waals surface area (Å²) in [5.74, 6) is 2.31. The summed E-state index contributed by atoms with van der Waals surface area (Å²) >= 11 is 7.02. The second kappa shape index (κ2) is 10.7. The van der Waals surface area contributed by atoms with E-state index in [4.69, 9.17) is 25.5 Å². The van der Waals surface area contributed by atoms with Gasteiger partial charge in [-0.25, -0.2) is 0 Å². The average Bonchev–Trinajstić information content (AvgIpc) is 3.28. The molecule has 0 fully saturated rings. The Morgan fingerprint density at radius 1 is 0.906 bits per heavy atom. The van der Waals surface area contributed by atoms with Crippen LogP contribution in [0.2, 0.25) is 5.02 Å². The number of anilines is 1. The number of nitrogens with one attached hydrogen (secondary N) is 1. The van der Waals surface area contributed by atoms with E-state index in [0.717, 1.165) is 11.8 Å². The van der Waals surface area contributed by atoms with Gasteiger partial charge in [-0.05, 0) is 60.7 Å². The molecule has 4 rings (SSSR count). The SMILES string of the molecule is O=C(CSc1nnc(COc2ccccc2)o1)Nc1ccc(Oc2ccc(Cl)cc2)cc1. The Hall–Kier alpha value is -3.49. The second-order valence-corrected chi connectivity index (χ2v) is 7.84. The van der Waals surface area contributed by atoms with Crippen LogP contribution in [0.3, 0.4) is 0 Å². The molecule has 3 aromatic carbocycles. The minimum atomic E-state index is -0.193. The molecule has 0 saturated heterocycles. The Morgan fingerprint density at radius 3 is 2.31 bits per heavy atom. The highest BCUT2D eigenvalue weighted by molar-refractivity contribution is 7.99. The van der Waals surface area contributed by atoms with Crippen LogP contribution in [0.5, 0.6) is 17.2 Å². The maximum atomic E-state index is 12.2. The van der Waals surface area contributed by atoms with Gasteiger partial charge in [-0.1, -0.05) is 41.6 Å². The summed E-state index contributed by atoms with van der Waals surface area (Å²) in [6, 6.07) is 23.5. The maximum absolute atomic E-state index is 12.2. The van der Waals surface area contributed by atoms with Crippen molar-refractivity contribution in [2.45, 2.75) is 11.8 Å². The van der Waals surface area contributed by atoms with Crippen molar-refractivity contribution in [1.82, 2.24) is 10.2 Å². The minimum Gasteiger partial charge on any atom is -0.484 e. The average molecular weight is 468 g/mol. The Kier molecular flexibility index (Phi) is 7.27. The van der Waals surface area contributed by atoms with Crippen molar-refractivity contribution in [2.24, 2.45) is 0 Å². The summed E-state index contributed by atoms with van der Waals surface area (Å²) < 4.78 is 16.8. The number of benzene rings is 3. The van der Waals surface area contributed by atoms with Crippen LogP contribution in [-0.4, -0.2) is 21.9 Å². The Bertz CT molecular complexity index is 1150. The van der Waals surface area contributed by atoms with Gasteiger partial charge in [-0.3, -0.25) is 4.79 Å². The lowest BCUT2D eigenvalue weighted by molar-refractivity contribution is -0.113. The highest BCUT2D eigenvalue weighted by atomic mass is 35.5. The highest BCUT2D eigenvalue weighted by Gasteiger charge is 2.11. The van der Waals surface area contributed by atoms with Crippen molar-refractivity contribution in [1.29, 1.82) is 0 Å². The molecule has 32 heavy (non-hydrogen) atoms. The summed E-state index contributed by atoms with van der Waals surface area (Å²) in [5.41, 5.74) is 0.654. The van der Waals surface area contributed by atoms with Crippen molar-refractivity contribution in [2.75, 3.05) is 11.1 Å². The molecule has 1 aromatic heterocycles. The first-order valence-electron chi connectivity index (χ1n) is 9.60. The van der Waals surface area contributed by atoms with Crippen molar-refractivity contribution in [3.8, 4) is 17.2 Å². The number of ether oxygens (including phenoxy) is 2. The van der Waals surface area contributed by atoms with Gasteiger partial charge in [0.05, 0.1) is 5.75 Å². The molecule has 7 nitrogen and oxygen atoms in total. The molecular weight excluding hydrogens is 450 g/mol. The molecule has 0 bridgehead atoms. The predicted molar refractivity (Wildman–Crippen MR) is 122 cm³/mol. The van der Waals surface area contributed by atoms with E-state index in [0.29, 0.717) is 39.1 Å². The smallest absolute Gasteiger partial charge is 0.277 e. The first-order valence-corrected chi connectivity index (χ1v) is 11.0. The zero-order valence-electron chi connectivity index (χ0n) is 16.7. The number of hydrogen-bond acceptors (Lipinski definition) is 7. The number of amides is 1. The van der Waals surface area contributed by atoms with E-state index in [1.807, 2.05) is 30.3 Å². The van der Waals surface area contributed by atoms with Crippen molar-refractivity contribution in [3.05, 3.63) is 89.8 Å². The number of carbonyl (C=O) groups excluding carboxylic acids is 1. The number of halogens is 1. The molecule has 1 heterocycles. The number of para-hydroxylation sites is 1. The number of aromatic nitrogens is 2. The van der Waals surface area contributed by atoms with E-state index in [9.17, 15) is 4.79 Å². The van der Waals surface area contributed by atoms with Crippen molar-refractivity contribution < 1.29 is 18.7 Å². The molecule has 0 aliphatic heterocycles. The molecule has 0 unspecified atom stereocenters. The van der Waals surface area contributed by atoms with Gasteiger partial charge < -0.3 is 19.2 Å². The second-order valence-electron chi connectivity index (χ2n) is 6.48. The van der Waals surface area contributed by atoms with E-state index in [1.54, 1.807) is 48.5 Å². The van der Waals surface area contributed by atoms with Crippen molar-refractivity contribution in [3.63, 3.8) is 0 Å². The van der Waals surface area contributed by atoms with E-state index >= 15 is 0 Å². The van der Waals surface area contributed by atoms with Crippen LogP contribution in [0.4, 0.5) is 5.69 Å². The highest BCUT2D eigenvalue weighted by Crippen LogP contribution is 2.25. The Labute approximate surface area is 193 Å². The molecule has 0 spiro atoms. The summed E-state index contributed by atoms with van der Waals surface area (Å²) in [6.45, 7) is 0.161. The first kappa shape index (κ1) is 21.7. The third-order valence-corrected chi connectivity index (χ3v) is 5.14. The molecule has 9 heteroatoms. The number of thioether (sulfide) groups is 1. The summed E-state index contributed by atoms with van der Waals surface area (Å²) in [5, 5.41) is 11.6. The summed E-state index contributed by atoms with van der Waals surface area (Å²) in [7, 11) is 0. The van der Waals surface area contributed by atoms with Gasteiger partial charge in [-0.15, -0.1) is 10.2 Å². The fourth-order valence-electron chi connectivity index (χ4n) is 2.59. The molecule has 4 aromatic rings. The molecule has 0 atom stereocenters. The molecule has 162 valence electrons. The van der Waals surface area contributed by atoms with Gasteiger partial charge in [0.25, 0.3) is 11.1 Å². The zero-order chi connectivity index (χ0) is 22.2.